The number of rotatable bonds is 2. The highest BCUT2D eigenvalue weighted by Gasteiger charge is 2.14. The highest BCUT2D eigenvalue weighted by atomic mass is 35.5. The van der Waals surface area contributed by atoms with E-state index in [0.717, 1.165) is 36.8 Å². The van der Waals surface area contributed by atoms with Crippen molar-refractivity contribution in [1.29, 1.82) is 0 Å². The zero-order valence-corrected chi connectivity index (χ0v) is 12.5. The maximum atomic E-state index is 6.23. The third kappa shape index (κ3) is 2.82. The Morgan fingerprint density at radius 2 is 2.05 bits per heavy atom. The Balaban J connectivity index is 1.88. The summed E-state index contributed by atoms with van der Waals surface area (Å²) < 4.78 is 0. The Kier molecular flexibility index (Phi) is 3.95. The van der Waals surface area contributed by atoms with Gasteiger partial charge >= 0.3 is 0 Å². The van der Waals surface area contributed by atoms with Crippen LogP contribution in [0.2, 0.25) is 5.02 Å². The molecule has 0 saturated heterocycles. The number of hydrogen-bond donors (Lipinski definition) is 1. The van der Waals surface area contributed by atoms with Gasteiger partial charge in [0.2, 0.25) is 0 Å². The lowest BCUT2D eigenvalue weighted by molar-refractivity contribution is 0.688. The summed E-state index contributed by atoms with van der Waals surface area (Å²) in [5, 5.41) is 4.32. The summed E-state index contributed by atoms with van der Waals surface area (Å²) in [6.07, 6.45) is 0. The van der Waals surface area contributed by atoms with E-state index in [2.05, 4.69) is 52.7 Å². The predicted octanol–water partition coefficient (Wildman–Crippen LogP) is 3.76. The third-order valence-corrected chi connectivity index (χ3v) is 4.22. The monoisotopic (exact) mass is 286 g/mol. The first kappa shape index (κ1) is 13.5. The number of fused-ring (bicyclic) bond motifs is 1. The van der Waals surface area contributed by atoms with Crippen molar-refractivity contribution in [1.82, 2.24) is 5.32 Å². The highest BCUT2D eigenvalue weighted by molar-refractivity contribution is 6.31. The second-order valence-electron chi connectivity index (χ2n) is 5.31. The number of benzene rings is 2. The smallest absolute Gasteiger partial charge is 0.0438 e. The summed E-state index contributed by atoms with van der Waals surface area (Å²) in [4.78, 5) is 2.43. The summed E-state index contributed by atoms with van der Waals surface area (Å²) in [5.41, 5.74) is 5.09. The lowest BCUT2D eigenvalue weighted by Crippen LogP contribution is -2.28. The van der Waals surface area contributed by atoms with Gasteiger partial charge in [-0.25, -0.2) is 0 Å². The molecule has 2 nitrogen and oxygen atoms in total. The summed E-state index contributed by atoms with van der Waals surface area (Å²) >= 11 is 6.23. The van der Waals surface area contributed by atoms with Gasteiger partial charge in [-0.3, -0.25) is 0 Å². The second kappa shape index (κ2) is 5.86. The van der Waals surface area contributed by atoms with Crippen LogP contribution in [0.1, 0.15) is 16.7 Å². The first-order valence-corrected chi connectivity index (χ1v) is 7.40. The van der Waals surface area contributed by atoms with Crippen molar-refractivity contribution >= 4 is 17.3 Å². The van der Waals surface area contributed by atoms with Gasteiger partial charge in [-0.15, -0.1) is 0 Å². The molecule has 0 aromatic heterocycles. The number of halogens is 1. The third-order valence-electron chi connectivity index (χ3n) is 3.82. The van der Waals surface area contributed by atoms with E-state index in [1.807, 2.05) is 6.92 Å². The number of hydrogen-bond acceptors (Lipinski definition) is 2. The zero-order chi connectivity index (χ0) is 13.9. The minimum Gasteiger partial charge on any atom is -0.366 e. The number of nitrogens with one attached hydrogen (secondary N) is 1. The predicted molar refractivity (Wildman–Crippen MR) is 85.4 cm³/mol. The average molecular weight is 287 g/mol. The van der Waals surface area contributed by atoms with E-state index in [1.54, 1.807) is 0 Å². The maximum Gasteiger partial charge on any atom is 0.0438 e. The molecule has 104 valence electrons. The van der Waals surface area contributed by atoms with E-state index < -0.39 is 0 Å². The van der Waals surface area contributed by atoms with Crippen LogP contribution in [0.15, 0.2) is 42.5 Å². The quantitative estimate of drug-likeness (QED) is 0.904. The number of para-hydroxylation sites is 1. The standard InChI is InChI=1S/C17H19ClN2/c1-13-6-7-14(10-16(13)18)12-20-9-8-19-11-15-4-2-3-5-17(15)20/h2-7,10,19H,8-9,11-12H2,1H3. The molecule has 0 spiro atoms. The van der Waals surface area contributed by atoms with Crippen molar-refractivity contribution in [3.8, 4) is 0 Å². The van der Waals surface area contributed by atoms with Crippen molar-refractivity contribution in [3.05, 3.63) is 64.2 Å². The van der Waals surface area contributed by atoms with E-state index >= 15 is 0 Å². The molecule has 0 aliphatic carbocycles. The van der Waals surface area contributed by atoms with Crippen LogP contribution in [0.25, 0.3) is 0 Å². The summed E-state index contributed by atoms with van der Waals surface area (Å²) in [6, 6.07) is 15.0. The molecule has 0 bridgehead atoms. The Hall–Kier alpha value is -1.51. The molecule has 1 aliphatic rings. The van der Waals surface area contributed by atoms with Gasteiger partial charge in [0.05, 0.1) is 0 Å². The van der Waals surface area contributed by atoms with E-state index in [9.17, 15) is 0 Å². The van der Waals surface area contributed by atoms with Gasteiger partial charge in [-0.2, -0.15) is 0 Å². The Labute approximate surface area is 125 Å². The van der Waals surface area contributed by atoms with E-state index in [1.165, 1.54) is 16.8 Å². The minimum absolute atomic E-state index is 0.851. The lowest BCUT2D eigenvalue weighted by Gasteiger charge is -2.25. The molecule has 0 saturated carbocycles. The van der Waals surface area contributed by atoms with Crippen molar-refractivity contribution < 1.29 is 0 Å². The largest absolute Gasteiger partial charge is 0.366 e. The van der Waals surface area contributed by atoms with Crippen LogP contribution < -0.4 is 10.2 Å². The molecule has 20 heavy (non-hydrogen) atoms. The molecule has 2 aromatic carbocycles. The van der Waals surface area contributed by atoms with Gasteiger partial charge in [0, 0.05) is 36.9 Å². The normalized spacial score (nSPS) is 14.8. The van der Waals surface area contributed by atoms with E-state index in [0.29, 0.717) is 0 Å². The Morgan fingerprint density at radius 3 is 2.90 bits per heavy atom. The Bertz CT molecular complexity index is 610. The summed E-state index contributed by atoms with van der Waals surface area (Å²) in [6.45, 7) is 5.91. The molecule has 1 heterocycles. The molecule has 0 atom stereocenters. The zero-order valence-electron chi connectivity index (χ0n) is 11.7. The summed E-state index contributed by atoms with van der Waals surface area (Å²) in [5.74, 6) is 0. The van der Waals surface area contributed by atoms with Crippen LogP contribution in [-0.4, -0.2) is 13.1 Å². The van der Waals surface area contributed by atoms with Crippen LogP contribution in [0.5, 0.6) is 0 Å². The van der Waals surface area contributed by atoms with Crippen molar-refractivity contribution in [3.63, 3.8) is 0 Å². The van der Waals surface area contributed by atoms with Crippen molar-refractivity contribution in [2.45, 2.75) is 20.0 Å². The summed E-state index contributed by atoms with van der Waals surface area (Å²) in [7, 11) is 0. The van der Waals surface area contributed by atoms with Gasteiger partial charge in [-0.1, -0.05) is 41.9 Å². The number of nitrogens with zero attached hydrogens (tertiary/aromatic N) is 1. The van der Waals surface area contributed by atoms with E-state index in [4.69, 9.17) is 11.6 Å². The fourth-order valence-electron chi connectivity index (χ4n) is 2.65. The van der Waals surface area contributed by atoms with Crippen molar-refractivity contribution in [2.24, 2.45) is 0 Å². The lowest BCUT2D eigenvalue weighted by atomic mass is 10.1. The van der Waals surface area contributed by atoms with Gasteiger partial charge in [0.15, 0.2) is 0 Å². The maximum absolute atomic E-state index is 6.23. The van der Waals surface area contributed by atoms with Crippen LogP contribution in [0.4, 0.5) is 5.69 Å². The second-order valence-corrected chi connectivity index (χ2v) is 5.72. The molecule has 0 amide bonds. The van der Waals surface area contributed by atoms with Gasteiger partial charge in [-0.05, 0) is 35.7 Å². The molecule has 1 N–H and O–H groups in total. The molecule has 0 unspecified atom stereocenters. The van der Waals surface area contributed by atoms with Gasteiger partial charge in [0.25, 0.3) is 0 Å². The van der Waals surface area contributed by atoms with Gasteiger partial charge in [0.1, 0.15) is 0 Å². The van der Waals surface area contributed by atoms with Crippen LogP contribution >= 0.6 is 11.6 Å². The fourth-order valence-corrected chi connectivity index (χ4v) is 2.85. The Morgan fingerprint density at radius 1 is 1.20 bits per heavy atom. The first-order chi connectivity index (χ1) is 9.74. The molecule has 3 heteroatoms. The minimum atomic E-state index is 0.851. The van der Waals surface area contributed by atoms with Gasteiger partial charge < -0.3 is 10.2 Å². The topological polar surface area (TPSA) is 15.3 Å². The molecule has 0 radical (unpaired) electrons. The SMILES string of the molecule is Cc1ccc(CN2CCNCc3ccccc32)cc1Cl. The van der Waals surface area contributed by atoms with Crippen LogP contribution in [-0.2, 0) is 13.1 Å². The molecule has 3 rings (SSSR count). The molecule has 0 fully saturated rings. The number of anilines is 1. The first-order valence-electron chi connectivity index (χ1n) is 7.02. The fraction of sp³-hybridized carbons (Fsp3) is 0.294. The highest BCUT2D eigenvalue weighted by Crippen LogP contribution is 2.25. The molecule has 2 aromatic rings. The molecule has 1 aliphatic heterocycles. The van der Waals surface area contributed by atoms with E-state index in [-0.39, 0.29) is 0 Å². The molecular formula is C17H19ClN2. The number of aryl methyl sites for hydroxylation is 1. The van der Waals surface area contributed by atoms with Crippen molar-refractivity contribution in [2.75, 3.05) is 18.0 Å². The molecular weight excluding hydrogens is 268 g/mol. The van der Waals surface area contributed by atoms with Crippen LogP contribution in [0, 0.1) is 6.92 Å². The average Bonchev–Trinajstić information content (AvgIpc) is 2.66. The van der Waals surface area contributed by atoms with Crippen LogP contribution in [0.3, 0.4) is 0 Å².